The van der Waals surface area contributed by atoms with Crippen LogP contribution in [-0.4, -0.2) is 69.2 Å². The van der Waals surface area contributed by atoms with Gasteiger partial charge in [0, 0.05) is 52.9 Å². The average molecular weight is 498 g/mol. The lowest BCUT2D eigenvalue weighted by atomic mass is 10.2. The van der Waals surface area contributed by atoms with Gasteiger partial charge in [-0.05, 0) is 6.07 Å². The number of carbonyl (C=O) groups is 1. The number of imidazole rings is 1. The summed E-state index contributed by atoms with van der Waals surface area (Å²) in [6.45, 7) is 3.61. The molecule has 0 spiro atoms. The third-order valence-corrected chi connectivity index (χ3v) is 5.41. The Morgan fingerprint density at radius 3 is 2.31 bits per heavy atom. The standard InChI is InChI=1S/C19H24N6O3.C2HF3O2/c1-22-16-15(17(26)23(2)19(22)27)25(14-7-5-4-6-13(14)12-28-3)18(21-16)24-10-8-20-9-11-24;3-2(4,5)1(6)7/h4-7,20H,8-12H2,1-3H3;(H,6,7). The van der Waals surface area contributed by atoms with Crippen molar-refractivity contribution < 1.29 is 27.8 Å². The zero-order chi connectivity index (χ0) is 25.9. The van der Waals surface area contributed by atoms with Gasteiger partial charge in [0.2, 0.25) is 5.95 Å². The number of halogens is 3. The number of aryl methyl sites for hydroxylation is 1. The number of hydrogen-bond donors (Lipinski definition) is 2. The first-order valence-corrected chi connectivity index (χ1v) is 10.5. The summed E-state index contributed by atoms with van der Waals surface area (Å²) in [6, 6.07) is 7.79. The molecule has 0 bridgehead atoms. The highest BCUT2D eigenvalue weighted by Crippen LogP contribution is 2.27. The lowest BCUT2D eigenvalue weighted by molar-refractivity contribution is -0.192. The normalized spacial score (nSPS) is 14.1. The Morgan fingerprint density at radius 1 is 1.14 bits per heavy atom. The molecule has 1 fully saturated rings. The molecule has 2 N–H and O–H groups in total. The number of fused-ring (bicyclic) bond motifs is 1. The number of piperazine rings is 1. The number of ether oxygens (including phenoxy) is 1. The number of aromatic nitrogens is 4. The molecule has 2 aromatic heterocycles. The van der Waals surface area contributed by atoms with Gasteiger partial charge in [-0.25, -0.2) is 9.59 Å². The van der Waals surface area contributed by atoms with Crippen molar-refractivity contribution in [3.8, 4) is 5.69 Å². The van der Waals surface area contributed by atoms with Crippen LogP contribution < -0.4 is 21.5 Å². The van der Waals surface area contributed by atoms with Crippen LogP contribution >= 0.6 is 0 Å². The van der Waals surface area contributed by atoms with Gasteiger partial charge in [0.15, 0.2) is 11.2 Å². The minimum atomic E-state index is -5.08. The lowest BCUT2D eigenvalue weighted by Gasteiger charge is -2.29. The molecular weight excluding hydrogens is 473 g/mol. The maximum Gasteiger partial charge on any atom is 0.490 e. The second kappa shape index (κ2) is 10.3. The molecule has 1 aromatic carbocycles. The first-order valence-electron chi connectivity index (χ1n) is 10.5. The maximum absolute atomic E-state index is 13.1. The SMILES string of the molecule is COCc1ccccc1-n1c(N2CCNCC2)nc2c1c(=O)n(C)c(=O)n2C.O=C(O)C(F)(F)F. The molecule has 1 saturated heterocycles. The van der Waals surface area contributed by atoms with Crippen molar-refractivity contribution in [2.75, 3.05) is 38.2 Å². The predicted octanol–water partition coefficient (Wildman–Crippen LogP) is 0.612. The van der Waals surface area contributed by atoms with Crippen molar-refractivity contribution in [2.24, 2.45) is 14.1 Å². The number of carboxylic acid groups (broad SMARTS) is 1. The van der Waals surface area contributed by atoms with E-state index >= 15 is 0 Å². The summed E-state index contributed by atoms with van der Waals surface area (Å²) in [6.07, 6.45) is -5.08. The maximum atomic E-state index is 13.1. The molecule has 11 nitrogen and oxygen atoms in total. The number of alkyl halides is 3. The molecule has 0 radical (unpaired) electrons. The molecular formula is C21H25F3N6O5. The minimum Gasteiger partial charge on any atom is -0.475 e. The molecule has 0 saturated carbocycles. The Hall–Kier alpha value is -3.65. The van der Waals surface area contributed by atoms with E-state index in [2.05, 4.69) is 10.2 Å². The fourth-order valence-electron chi connectivity index (χ4n) is 3.70. The number of nitrogens with one attached hydrogen (secondary N) is 1. The molecule has 3 aromatic rings. The van der Waals surface area contributed by atoms with Gasteiger partial charge in [-0.1, -0.05) is 18.2 Å². The van der Waals surface area contributed by atoms with Gasteiger partial charge in [-0.3, -0.25) is 18.5 Å². The zero-order valence-electron chi connectivity index (χ0n) is 19.3. The highest BCUT2D eigenvalue weighted by atomic mass is 19.4. The van der Waals surface area contributed by atoms with Crippen molar-refractivity contribution in [2.45, 2.75) is 12.8 Å². The Labute approximate surface area is 197 Å². The van der Waals surface area contributed by atoms with Crippen molar-refractivity contribution in [3.05, 3.63) is 50.7 Å². The van der Waals surface area contributed by atoms with Crippen LogP contribution in [0.1, 0.15) is 5.56 Å². The summed E-state index contributed by atoms with van der Waals surface area (Å²) >= 11 is 0. The fourth-order valence-corrected chi connectivity index (χ4v) is 3.70. The number of hydrogen-bond acceptors (Lipinski definition) is 7. The van der Waals surface area contributed by atoms with Crippen molar-refractivity contribution in [3.63, 3.8) is 0 Å². The Kier molecular flexibility index (Phi) is 7.65. The Bertz CT molecular complexity index is 1340. The van der Waals surface area contributed by atoms with Crippen LogP contribution in [0.2, 0.25) is 0 Å². The number of nitrogens with zero attached hydrogens (tertiary/aromatic N) is 5. The zero-order valence-corrected chi connectivity index (χ0v) is 19.3. The molecule has 0 atom stereocenters. The van der Waals surface area contributed by atoms with Crippen LogP contribution in [0.4, 0.5) is 19.1 Å². The van der Waals surface area contributed by atoms with Gasteiger partial charge in [-0.15, -0.1) is 0 Å². The Balaban J connectivity index is 0.000000429. The monoisotopic (exact) mass is 498 g/mol. The van der Waals surface area contributed by atoms with Crippen LogP contribution in [0.5, 0.6) is 0 Å². The van der Waals surface area contributed by atoms with E-state index in [-0.39, 0.29) is 11.2 Å². The molecule has 0 amide bonds. The smallest absolute Gasteiger partial charge is 0.475 e. The molecule has 3 heterocycles. The molecule has 14 heteroatoms. The molecule has 4 rings (SSSR count). The average Bonchev–Trinajstić information content (AvgIpc) is 3.23. The summed E-state index contributed by atoms with van der Waals surface area (Å²) in [5, 5.41) is 10.5. The molecule has 1 aliphatic rings. The third kappa shape index (κ3) is 5.22. The van der Waals surface area contributed by atoms with E-state index in [9.17, 15) is 22.8 Å². The second-order valence-corrected chi connectivity index (χ2v) is 7.73. The Morgan fingerprint density at radius 2 is 1.74 bits per heavy atom. The number of benzene rings is 1. The van der Waals surface area contributed by atoms with E-state index in [1.165, 1.54) is 11.6 Å². The lowest BCUT2D eigenvalue weighted by Crippen LogP contribution is -2.44. The van der Waals surface area contributed by atoms with E-state index in [1.54, 1.807) is 14.2 Å². The first kappa shape index (κ1) is 26.0. The van der Waals surface area contributed by atoms with E-state index < -0.39 is 12.1 Å². The van der Waals surface area contributed by atoms with Gasteiger partial charge in [0.05, 0.1) is 12.3 Å². The highest BCUT2D eigenvalue weighted by Gasteiger charge is 2.38. The summed E-state index contributed by atoms with van der Waals surface area (Å²) in [5.41, 5.74) is 1.79. The summed E-state index contributed by atoms with van der Waals surface area (Å²) < 4.78 is 41.5. The van der Waals surface area contributed by atoms with Gasteiger partial charge in [-0.2, -0.15) is 18.2 Å². The van der Waals surface area contributed by atoms with Crippen molar-refractivity contribution >= 4 is 23.1 Å². The number of anilines is 1. The summed E-state index contributed by atoms with van der Waals surface area (Å²) in [5.74, 6) is -2.09. The molecule has 0 aliphatic carbocycles. The van der Waals surface area contributed by atoms with Crippen LogP contribution in [0.25, 0.3) is 16.9 Å². The van der Waals surface area contributed by atoms with E-state index in [0.29, 0.717) is 23.7 Å². The minimum absolute atomic E-state index is 0.362. The van der Waals surface area contributed by atoms with E-state index in [4.69, 9.17) is 19.6 Å². The van der Waals surface area contributed by atoms with Crippen LogP contribution in [0, 0.1) is 0 Å². The van der Waals surface area contributed by atoms with Crippen LogP contribution in [0.15, 0.2) is 33.9 Å². The number of aliphatic carboxylic acids is 1. The second-order valence-electron chi connectivity index (χ2n) is 7.73. The predicted molar refractivity (Wildman–Crippen MR) is 121 cm³/mol. The van der Waals surface area contributed by atoms with E-state index in [1.807, 2.05) is 28.8 Å². The highest BCUT2D eigenvalue weighted by molar-refractivity contribution is 5.78. The van der Waals surface area contributed by atoms with Crippen molar-refractivity contribution in [1.82, 2.24) is 24.0 Å². The molecule has 0 unspecified atom stereocenters. The molecule has 1 aliphatic heterocycles. The fraction of sp³-hybridized carbons (Fsp3) is 0.429. The van der Waals surface area contributed by atoms with Crippen molar-refractivity contribution in [1.29, 1.82) is 0 Å². The largest absolute Gasteiger partial charge is 0.490 e. The first-order chi connectivity index (χ1) is 16.5. The summed E-state index contributed by atoms with van der Waals surface area (Å²) in [7, 11) is 4.78. The molecule has 35 heavy (non-hydrogen) atoms. The number of carboxylic acids is 1. The topological polar surface area (TPSA) is 124 Å². The van der Waals surface area contributed by atoms with Gasteiger partial charge in [0.1, 0.15) is 0 Å². The van der Waals surface area contributed by atoms with Gasteiger partial charge < -0.3 is 20.1 Å². The van der Waals surface area contributed by atoms with Crippen LogP contribution in [0.3, 0.4) is 0 Å². The summed E-state index contributed by atoms with van der Waals surface area (Å²) in [4.78, 5) is 41.3. The van der Waals surface area contributed by atoms with Gasteiger partial charge >= 0.3 is 17.8 Å². The number of para-hydroxylation sites is 1. The van der Waals surface area contributed by atoms with E-state index in [0.717, 1.165) is 42.0 Å². The van der Waals surface area contributed by atoms with Crippen LogP contribution in [-0.2, 0) is 30.2 Å². The number of methoxy groups -OCH3 is 1. The molecule has 190 valence electrons. The quantitative estimate of drug-likeness (QED) is 0.537. The van der Waals surface area contributed by atoms with Gasteiger partial charge in [0.25, 0.3) is 5.56 Å². The third-order valence-electron chi connectivity index (χ3n) is 5.41. The number of rotatable bonds is 4.